The summed E-state index contributed by atoms with van der Waals surface area (Å²) in [5.74, 6) is -1.20. The van der Waals surface area contributed by atoms with Crippen molar-refractivity contribution in [1.82, 2.24) is 0 Å². The number of hydrogen-bond donors (Lipinski definition) is 1. The molecule has 142 valence electrons. The number of furan rings is 1. The second-order valence-corrected chi connectivity index (χ2v) is 6.23. The second kappa shape index (κ2) is 9.54. The van der Waals surface area contributed by atoms with Crippen molar-refractivity contribution >= 4 is 40.3 Å². The molecule has 0 saturated carbocycles. The van der Waals surface area contributed by atoms with Crippen molar-refractivity contribution in [1.29, 1.82) is 0 Å². The quantitative estimate of drug-likeness (QED) is 0.419. The molecule has 0 aromatic carbocycles. The van der Waals surface area contributed by atoms with E-state index in [9.17, 15) is 14.4 Å². The number of anilines is 1. The van der Waals surface area contributed by atoms with Crippen molar-refractivity contribution in [2.24, 2.45) is 0 Å². The molecule has 1 N–H and O–H groups in total. The fraction of sp³-hybridized carbons (Fsp3) is 0.211. The molecule has 0 aliphatic carbocycles. The first-order valence-corrected chi connectivity index (χ1v) is 8.90. The van der Waals surface area contributed by atoms with Crippen LogP contribution in [0.1, 0.15) is 38.3 Å². The third kappa shape index (κ3) is 5.18. The van der Waals surface area contributed by atoms with Crippen LogP contribution in [0, 0.1) is 6.92 Å². The number of ether oxygens (including phenoxy) is 2. The predicted molar refractivity (Wildman–Crippen MR) is 102 cm³/mol. The van der Waals surface area contributed by atoms with Gasteiger partial charge in [0.05, 0.1) is 18.4 Å². The molecule has 0 aliphatic rings. The summed E-state index contributed by atoms with van der Waals surface area (Å²) in [6.07, 6.45) is 5.67. The Kier molecular flexibility index (Phi) is 7.13. The number of hydrogen-bond acceptors (Lipinski definition) is 7. The van der Waals surface area contributed by atoms with Crippen LogP contribution in [0.4, 0.5) is 5.00 Å². The van der Waals surface area contributed by atoms with E-state index < -0.39 is 17.8 Å². The van der Waals surface area contributed by atoms with E-state index in [0.717, 1.165) is 11.3 Å². The lowest BCUT2D eigenvalue weighted by Crippen LogP contribution is -2.13. The SMILES string of the molecule is C=CCOC(=O)c1sc(NC(=O)/C=C/c2ccco2)c(C(=O)OCC)c1C. The van der Waals surface area contributed by atoms with Gasteiger partial charge in [-0.15, -0.1) is 11.3 Å². The molecule has 7 nitrogen and oxygen atoms in total. The van der Waals surface area contributed by atoms with Gasteiger partial charge >= 0.3 is 11.9 Å². The Morgan fingerprint density at radius 2 is 2.07 bits per heavy atom. The van der Waals surface area contributed by atoms with E-state index in [1.54, 1.807) is 26.0 Å². The fourth-order valence-electron chi connectivity index (χ4n) is 2.14. The molecule has 0 aliphatic heterocycles. The van der Waals surface area contributed by atoms with Crippen molar-refractivity contribution in [3.8, 4) is 0 Å². The molecule has 0 spiro atoms. The van der Waals surface area contributed by atoms with E-state index in [-0.39, 0.29) is 28.7 Å². The lowest BCUT2D eigenvalue weighted by atomic mass is 10.1. The molecular weight excluding hydrogens is 370 g/mol. The molecule has 0 atom stereocenters. The van der Waals surface area contributed by atoms with Crippen LogP contribution in [-0.2, 0) is 14.3 Å². The lowest BCUT2D eigenvalue weighted by Gasteiger charge is -2.05. The average Bonchev–Trinajstić information content (AvgIpc) is 3.26. The van der Waals surface area contributed by atoms with Crippen molar-refractivity contribution in [2.45, 2.75) is 13.8 Å². The lowest BCUT2D eigenvalue weighted by molar-refractivity contribution is -0.111. The molecule has 27 heavy (non-hydrogen) atoms. The molecule has 0 unspecified atom stereocenters. The minimum absolute atomic E-state index is 0.0402. The van der Waals surface area contributed by atoms with E-state index in [1.165, 1.54) is 24.5 Å². The number of thiophene rings is 1. The summed E-state index contributed by atoms with van der Waals surface area (Å²) in [5, 5.41) is 2.82. The van der Waals surface area contributed by atoms with Crippen LogP contribution in [-0.4, -0.2) is 31.1 Å². The molecule has 2 rings (SSSR count). The van der Waals surface area contributed by atoms with E-state index in [2.05, 4.69) is 11.9 Å². The first-order chi connectivity index (χ1) is 13.0. The van der Waals surface area contributed by atoms with Crippen molar-refractivity contribution in [2.75, 3.05) is 18.5 Å². The zero-order chi connectivity index (χ0) is 19.8. The van der Waals surface area contributed by atoms with Gasteiger partial charge in [-0.3, -0.25) is 4.79 Å². The van der Waals surface area contributed by atoms with Crippen molar-refractivity contribution in [3.63, 3.8) is 0 Å². The van der Waals surface area contributed by atoms with Crippen molar-refractivity contribution < 1.29 is 28.3 Å². The molecule has 0 fully saturated rings. The maximum Gasteiger partial charge on any atom is 0.348 e. The maximum absolute atomic E-state index is 12.3. The topological polar surface area (TPSA) is 94.8 Å². The molecule has 0 saturated heterocycles. The van der Waals surface area contributed by atoms with Crippen LogP contribution in [0.5, 0.6) is 0 Å². The van der Waals surface area contributed by atoms with Crippen LogP contribution in [0.25, 0.3) is 6.08 Å². The van der Waals surface area contributed by atoms with E-state index >= 15 is 0 Å². The summed E-state index contributed by atoms with van der Waals surface area (Å²) in [4.78, 5) is 36.9. The largest absolute Gasteiger partial charge is 0.465 e. The Balaban J connectivity index is 2.29. The van der Waals surface area contributed by atoms with E-state index in [4.69, 9.17) is 13.9 Å². The first kappa shape index (κ1) is 20.2. The van der Waals surface area contributed by atoms with Gasteiger partial charge < -0.3 is 19.2 Å². The van der Waals surface area contributed by atoms with Crippen LogP contribution < -0.4 is 5.32 Å². The summed E-state index contributed by atoms with van der Waals surface area (Å²) in [6.45, 7) is 6.96. The molecule has 8 heteroatoms. The average molecular weight is 389 g/mol. The molecule has 0 bridgehead atoms. The molecule has 2 aromatic heterocycles. The van der Waals surface area contributed by atoms with E-state index in [1.807, 2.05) is 0 Å². The zero-order valence-corrected chi connectivity index (χ0v) is 15.8. The third-order valence-corrected chi connectivity index (χ3v) is 4.51. The van der Waals surface area contributed by atoms with Gasteiger partial charge in [-0.05, 0) is 37.6 Å². The van der Waals surface area contributed by atoms with Gasteiger partial charge in [0.25, 0.3) is 0 Å². The highest BCUT2D eigenvalue weighted by molar-refractivity contribution is 7.18. The number of carbonyl (C=O) groups excluding carboxylic acids is 3. The Labute approximate surface area is 160 Å². The Hall–Kier alpha value is -3.13. The maximum atomic E-state index is 12.3. The highest BCUT2D eigenvalue weighted by Crippen LogP contribution is 2.34. The van der Waals surface area contributed by atoms with Gasteiger partial charge in [0.15, 0.2) is 0 Å². The highest BCUT2D eigenvalue weighted by Gasteiger charge is 2.27. The summed E-state index contributed by atoms with van der Waals surface area (Å²) in [5.41, 5.74) is 0.518. The van der Waals surface area contributed by atoms with Gasteiger partial charge in [0, 0.05) is 6.08 Å². The summed E-state index contributed by atoms with van der Waals surface area (Å²) >= 11 is 0.952. The Bertz CT molecular complexity index is 863. The van der Waals surface area contributed by atoms with Crippen LogP contribution >= 0.6 is 11.3 Å². The monoisotopic (exact) mass is 389 g/mol. The molecular formula is C19H19NO6S. The number of carbonyl (C=O) groups is 3. The second-order valence-electron chi connectivity index (χ2n) is 5.21. The van der Waals surface area contributed by atoms with Gasteiger partial charge in [0.2, 0.25) is 5.91 Å². The number of amides is 1. The van der Waals surface area contributed by atoms with Crippen LogP contribution in [0.15, 0.2) is 41.5 Å². The van der Waals surface area contributed by atoms with Gasteiger partial charge in [-0.2, -0.15) is 0 Å². The van der Waals surface area contributed by atoms with Crippen molar-refractivity contribution in [3.05, 3.63) is 58.9 Å². The van der Waals surface area contributed by atoms with Crippen LogP contribution in [0.3, 0.4) is 0 Å². The summed E-state index contributed by atoms with van der Waals surface area (Å²) in [6, 6.07) is 3.39. The summed E-state index contributed by atoms with van der Waals surface area (Å²) < 4.78 is 15.2. The third-order valence-electron chi connectivity index (χ3n) is 3.32. The molecule has 2 heterocycles. The normalized spacial score (nSPS) is 10.6. The van der Waals surface area contributed by atoms with Gasteiger partial charge in [0.1, 0.15) is 22.2 Å². The van der Waals surface area contributed by atoms with Gasteiger partial charge in [-0.1, -0.05) is 12.7 Å². The fourth-order valence-corrected chi connectivity index (χ4v) is 3.23. The predicted octanol–water partition coefficient (Wildman–Crippen LogP) is 3.82. The minimum atomic E-state index is -0.626. The van der Waals surface area contributed by atoms with E-state index in [0.29, 0.717) is 11.3 Å². The standard InChI is InChI=1S/C19H19NO6S/c1-4-10-26-19(23)16-12(3)15(18(22)24-5-2)17(27-16)20-14(21)9-8-13-7-6-11-25-13/h4,6-9,11H,1,5,10H2,2-3H3,(H,20,21)/b9-8+. The number of rotatable bonds is 8. The van der Waals surface area contributed by atoms with Gasteiger partial charge in [-0.25, -0.2) is 9.59 Å². The molecule has 0 radical (unpaired) electrons. The Morgan fingerprint density at radius 3 is 2.70 bits per heavy atom. The van der Waals surface area contributed by atoms with Crippen LogP contribution in [0.2, 0.25) is 0 Å². The molecule has 2 aromatic rings. The number of nitrogens with one attached hydrogen (secondary N) is 1. The zero-order valence-electron chi connectivity index (χ0n) is 14.9. The molecule has 1 amide bonds. The summed E-state index contributed by atoms with van der Waals surface area (Å²) in [7, 11) is 0. The number of esters is 2. The first-order valence-electron chi connectivity index (χ1n) is 8.09. The Morgan fingerprint density at radius 1 is 1.30 bits per heavy atom. The minimum Gasteiger partial charge on any atom is -0.465 e. The smallest absolute Gasteiger partial charge is 0.348 e. The highest BCUT2D eigenvalue weighted by atomic mass is 32.1.